The zero-order valence-electron chi connectivity index (χ0n) is 20.8. The summed E-state index contributed by atoms with van der Waals surface area (Å²) in [6, 6.07) is 15.7. The fourth-order valence-corrected chi connectivity index (χ4v) is 3.49. The molecule has 0 saturated heterocycles. The molecular weight excluding hydrogens is 586 g/mol. The fraction of sp³-hybridized carbons (Fsp3) is 0.217. The van der Waals surface area contributed by atoms with E-state index in [0.717, 1.165) is 21.5 Å². The second-order valence-corrected chi connectivity index (χ2v) is 9.09. The molecule has 4 rings (SSSR count). The number of aromatic amines is 1. The van der Waals surface area contributed by atoms with Gasteiger partial charge in [0.05, 0.1) is 21.3 Å². The van der Waals surface area contributed by atoms with Gasteiger partial charge in [-0.2, -0.15) is 36.3 Å². The van der Waals surface area contributed by atoms with Gasteiger partial charge in [0.2, 0.25) is 11.9 Å². The van der Waals surface area contributed by atoms with Crippen LogP contribution in [-0.4, -0.2) is 54.4 Å². The number of fused-ring (bicyclic) bond motifs is 1. The lowest BCUT2D eigenvalue weighted by Crippen LogP contribution is -2.30. The number of H-pyrrole nitrogens is 1. The average Bonchev–Trinajstić information content (AvgIpc) is 3.31. The number of carbonyl (C=O) groups is 2. The molecule has 220 valence electrons. The summed E-state index contributed by atoms with van der Waals surface area (Å²) in [6.45, 7) is 4.02. The van der Waals surface area contributed by atoms with Gasteiger partial charge in [-0.1, -0.05) is 30.3 Å². The van der Waals surface area contributed by atoms with Crippen LogP contribution in [0.15, 0.2) is 58.8 Å². The molecule has 0 aliphatic carbocycles. The van der Waals surface area contributed by atoms with E-state index in [-0.39, 0.29) is 5.95 Å². The van der Waals surface area contributed by atoms with Crippen LogP contribution in [0.1, 0.15) is 19.4 Å². The van der Waals surface area contributed by atoms with Crippen molar-refractivity contribution in [2.45, 2.75) is 31.7 Å². The van der Waals surface area contributed by atoms with Crippen LogP contribution in [0.5, 0.6) is 0 Å². The highest BCUT2D eigenvalue weighted by Gasteiger charge is 2.38. The van der Waals surface area contributed by atoms with Gasteiger partial charge in [-0.25, -0.2) is 19.4 Å². The Morgan fingerprint density at radius 3 is 2.00 bits per heavy atom. The lowest BCUT2D eigenvalue weighted by Gasteiger charge is -2.26. The Kier molecular flexibility index (Phi) is 10.4. The van der Waals surface area contributed by atoms with Crippen LogP contribution in [0.4, 0.5) is 43.9 Å². The van der Waals surface area contributed by atoms with Gasteiger partial charge in [-0.05, 0) is 37.6 Å². The summed E-state index contributed by atoms with van der Waals surface area (Å²) in [7, 11) is 0. The van der Waals surface area contributed by atoms with Crippen LogP contribution in [0.2, 0.25) is 0 Å². The minimum Gasteiger partial charge on any atom is -0.475 e. The van der Waals surface area contributed by atoms with Crippen LogP contribution >= 0.6 is 11.3 Å². The molecule has 0 bridgehead atoms. The van der Waals surface area contributed by atoms with Crippen molar-refractivity contribution in [2.24, 2.45) is 0 Å². The number of hydrogen-bond acceptors (Lipinski definition) is 9. The van der Waals surface area contributed by atoms with E-state index in [2.05, 4.69) is 30.6 Å². The van der Waals surface area contributed by atoms with E-state index in [9.17, 15) is 31.1 Å². The Hall–Kier alpha value is -4.74. The van der Waals surface area contributed by atoms with Crippen LogP contribution in [0.3, 0.4) is 0 Å². The number of carboxylic acids is 2. The number of alkyl halides is 6. The van der Waals surface area contributed by atoms with Crippen molar-refractivity contribution in [3.8, 4) is 0 Å². The third-order valence-electron chi connectivity index (χ3n) is 4.65. The lowest BCUT2D eigenvalue weighted by molar-refractivity contribution is -0.193. The first kappa shape index (κ1) is 32.5. The van der Waals surface area contributed by atoms with Crippen molar-refractivity contribution in [3.05, 3.63) is 70.1 Å². The van der Waals surface area contributed by atoms with Gasteiger partial charge in [-0.15, -0.1) is 11.3 Å². The standard InChI is InChI=1S/C19H18N6OS.2C2HF3O2/c1-19(2,12-6-4-3-5-7-12)25-17-22-16(23-18(26)24-17)21-13-8-9-14-15(10-13)27-11-20-14;2*3-2(4,5)1(6)7/h3-11H,1-2H3,(H3,21,22,23,24,25,26);2*(H,6,7). The zero-order valence-corrected chi connectivity index (χ0v) is 21.6. The summed E-state index contributed by atoms with van der Waals surface area (Å²) in [5.74, 6) is -4.93. The number of anilines is 3. The van der Waals surface area contributed by atoms with E-state index in [1.807, 2.05) is 62.4 Å². The van der Waals surface area contributed by atoms with Crippen molar-refractivity contribution >= 4 is 51.1 Å². The van der Waals surface area contributed by atoms with Crippen molar-refractivity contribution in [3.63, 3.8) is 0 Å². The largest absolute Gasteiger partial charge is 0.490 e. The molecule has 0 spiro atoms. The van der Waals surface area contributed by atoms with Crippen LogP contribution in [0.25, 0.3) is 10.2 Å². The highest BCUT2D eigenvalue weighted by atomic mass is 32.1. The molecule has 41 heavy (non-hydrogen) atoms. The Balaban J connectivity index is 0.000000349. The van der Waals surface area contributed by atoms with E-state index in [1.54, 1.807) is 16.8 Å². The minimum absolute atomic E-state index is 0.258. The Labute approximate surface area is 229 Å². The molecule has 0 aliphatic heterocycles. The highest BCUT2D eigenvalue weighted by molar-refractivity contribution is 7.16. The summed E-state index contributed by atoms with van der Waals surface area (Å²) in [5.41, 5.74) is 3.71. The lowest BCUT2D eigenvalue weighted by atomic mass is 9.95. The normalized spacial score (nSPS) is 11.4. The summed E-state index contributed by atoms with van der Waals surface area (Å²) in [4.78, 5) is 45.0. The van der Waals surface area contributed by atoms with Gasteiger partial charge in [0.25, 0.3) is 0 Å². The van der Waals surface area contributed by atoms with Crippen molar-refractivity contribution < 1.29 is 46.1 Å². The molecular formula is C23H20F6N6O5S. The first-order valence-electron chi connectivity index (χ1n) is 10.9. The predicted molar refractivity (Wildman–Crippen MR) is 136 cm³/mol. The maximum atomic E-state index is 12.0. The number of aromatic nitrogens is 4. The van der Waals surface area contributed by atoms with E-state index < -0.39 is 35.5 Å². The van der Waals surface area contributed by atoms with Gasteiger partial charge in [0.1, 0.15) is 0 Å². The van der Waals surface area contributed by atoms with Gasteiger partial charge in [0, 0.05) is 5.69 Å². The summed E-state index contributed by atoms with van der Waals surface area (Å²) >= 11 is 1.56. The maximum Gasteiger partial charge on any atom is 0.490 e. The number of hydrogen-bond donors (Lipinski definition) is 5. The molecule has 2 heterocycles. The zero-order chi connectivity index (χ0) is 31.0. The number of thiazole rings is 1. The van der Waals surface area contributed by atoms with Crippen LogP contribution < -0.4 is 16.3 Å². The molecule has 4 aromatic rings. The second-order valence-electron chi connectivity index (χ2n) is 8.21. The molecule has 2 aromatic carbocycles. The third-order valence-corrected chi connectivity index (χ3v) is 5.44. The summed E-state index contributed by atoms with van der Waals surface area (Å²) in [5, 5.41) is 20.6. The van der Waals surface area contributed by atoms with Gasteiger partial charge in [0.15, 0.2) is 0 Å². The molecule has 0 amide bonds. The molecule has 0 fully saturated rings. The SMILES string of the molecule is CC(C)(Nc1nc(Nc2ccc3ncsc3c2)[nH]c(=O)n1)c1ccccc1.O=C(O)C(F)(F)F.O=C(O)C(F)(F)F. The van der Waals surface area contributed by atoms with Crippen molar-refractivity contribution in [1.29, 1.82) is 0 Å². The highest BCUT2D eigenvalue weighted by Crippen LogP contribution is 2.25. The third kappa shape index (κ3) is 10.4. The Bertz CT molecular complexity index is 1520. The topological polar surface area (TPSA) is 170 Å². The smallest absolute Gasteiger partial charge is 0.475 e. The summed E-state index contributed by atoms with van der Waals surface area (Å²) < 4.78 is 64.5. The molecule has 0 aliphatic rings. The Morgan fingerprint density at radius 1 is 0.902 bits per heavy atom. The number of aliphatic carboxylic acids is 2. The number of halogens is 6. The van der Waals surface area contributed by atoms with Gasteiger partial charge >= 0.3 is 30.0 Å². The monoisotopic (exact) mass is 606 g/mol. The van der Waals surface area contributed by atoms with Crippen molar-refractivity contribution in [2.75, 3.05) is 10.6 Å². The molecule has 18 heteroatoms. The van der Waals surface area contributed by atoms with Crippen LogP contribution in [0, 0.1) is 0 Å². The number of rotatable bonds is 5. The quantitative estimate of drug-likeness (QED) is 0.192. The first-order valence-corrected chi connectivity index (χ1v) is 11.8. The van der Waals surface area contributed by atoms with Gasteiger partial charge in [-0.3, -0.25) is 4.98 Å². The number of benzene rings is 2. The number of carboxylic acid groups (broad SMARTS) is 2. The first-order chi connectivity index (χ1) is 18.9. The van der Waals surface area contributed by atoms with E-state index in [1.165, 1.54) is 0 Å². The average molecular weight is 607 g/mol. The number of nitrogens with one attached hydrogen (secondary N) is 3. The van der Waals surface area contributed by atoms with E-state index in [0.29, 0.717) is 5.95 Å². The maximum absolute atomic E-state index is 12.0. The molecule has 2 aromatic heterocycles. The molecule has 0 radical (unpaired) electrons. The van der Waals surface area contributed by atoms with Crippen LogP contribution in [-0.2, 0) is 15.1 Å². The predicted octanol–water partition coefficient (Wildman–Crippen LogP) is 5.13. The van der Waals surface area contributed by atoms with E-state index in [4.69, 9.17) is 19.8 Å². The van der Waals surface area contributed by atoms with Crippen molar-refractivity contribution in [1.82, 2.24) is 19.9 Å². The molecule has 0 saturated carbocycles. The Morgan fingerprint density at radius 2 is 1.46 bits per heavy atom. The number of nitrogens with zero attached hydrogens (tertiary/aromatic N) is 3. The summed E-state index contributed by atoms with van der Waals surface area (Å²) in [6.07, 6.45) is -10.2. The minimum atomic E-state index is -5.08. The van der Waals surface area contributed by atoms with E-state index >= 15 is 0 Å². The molecule has 5 N–H and O–H groups in total. The molecule has 0 atom stereocenters. The fourth-order valence-electron chi connectivity index (χ4n) is 2.78. The molecule has 0 unspecified atom stereocenters. The second kappa shape index (κ2) is 13.1. The molecule has 11 nitrogen and oxygen atoms in total. The van der Waals surface area contributed by atoms with Gasteiger partial charge < -0.3 is 20.8 Å².